The molecule has 0 bridgehead atoms. The Balaban J connectivity index is 1.38. The van der Waals surface area contributed by atoms with E-state index in [9.17, 15) is 4.79 Å². The second-order valence-electron chi connectivity index (χ2n) is 5.89. The van der Waals surface area contributed by atoms with E-state index < -0.39 is 0 Å². The highest BCUT2D eigenvalue weighted by Crippen LogP contribution is 2.31. The Labute approximate surface area is 160 Å². The number of hydrogen-bond acceptors (Lipinski definition) is 6. The maximum atomic E-state index is 12.4. The number of benzene rings is 2. The standard InChI is InChI=1S/C21H17NO4S/c23-19(16-4-8-20-21(11-16)25-10-9-24-20)7-3-15-1-5-18(6-2-15)26-12-17-13-27-14-22-17/h1-8,11,13-14H,9-10,12H2. The number of allylic oxidation sites excluding steroid dienone is 1. The topological polar surface area (TPSA) is 57.7 Å². The largest absolute Gasteiger partial charge is 0.487 e. The Morgan fingerprint density at radius 1 is 1.11 bits per heavy atom. The molecule has 6 heteroatoms. The van der Waals surface area contributed by atoms with Gasteiger partial charge < -0.3 is 14.2 Å². The quantitative estimate of drug-likeness (QED) is 0.470. The Kier molecular flexibility index (Phi) is 5.16. The van der Waals surface area contributed by atoms with E-state index >= 15 is 0 Å². The highest BCUT2D eigenvalue weighted by molar-refractivity contribution is 7.07. The molecule has 5 nitrogen and oxygen atoms in total. The molecule has 0 amide bonds. The molecule has 0 fully saturated rings. The van der Waals surface area contributed by atoms with Crippen molar-refractivity contribution >= 4 is 23.2 Å². The lowest BCUT2D eigenvalue weighted by Gasteiger charge is -2.18. The summed E-state index contributed by atoms with van der Waals surface area (Å²) in [6.45, 7) is 1.47. The molecule has 27 heavy (non-hydrogen) atoms. The molecule has 2 heterocycles. The maximum absolute atomic E-state index is 12.4. The fraction of sp³-hybridized carbons (Fsp3) is 0.143. The zero-order chi connectivity index (χ0) is 18.5. The highest BCUT2D eigenvalue weighted by atomic mass is 32.1. The van der Waals surface area contributed by atoms with Crippen molar-refractivity contribution < 1.29 is 19.0 Å². The molecular weight excluding hydrogens is 362 g/mol. The third-order valence-electron chi connectivity index (χ3n) is 4.00. The molecule has 0 atom stereocenters. The number of nitrogens with zero attached hydrogens (tertiary/aromatic N) is 1. The van der Waals surface area contributed by atoms with Crippen molar-refractivity contribution in [3.8, 4) is 17.2 Å². The minimum atomic E-state index is -0.0872. The van der Waals surface area contributed by atoms with Crippen LogP contribution in [0.25, 0.3) is 6.08 Å². The van der Waals surface area contributed by atoms with Crippen molar-refractivity contribution in [2.75, 3.05) is 13.2 Å². The van der Waals surface area contributed by atoms with Gasteiger partial charge in [-0.3, -0.25) is 4.79 Å². The van der Waals surface area contributed by atoms with E-state index in [1.165, 1.54) is 0 Å². The van der Waals surface area contributed by atoms with E-state index in [-0.39, 0.29) is 5.78 Å². The van der Waals surface area contributed by atoms with Gasteiger partial charge in [-0.15, -0.1) is 11.3 Å². The molecule has 2 aromatic carbocycles. The van der Waals surface area contributed by atoms with Gasteiger partial charge in [-0.05, 0) is 42.0 Å². The molecule has 0 saturated carbocycles. The SMILES string of the molecule is O=C(C=Cc1ccc(OCc2cscn2)cc1)c1ccc2c(c1)OCCO2. The van der Waals surface area contributed by atoms with Gasteiger partial charge in [0.05, 0.1) is 11.2 Å². The molecule has 0 N–H and O–H groups in total. The molecule has 3 aromatic rings. The number of fused-ring (bicyclic) bond motifs is 1. The molecule has 0 saturated heterocycles. The van der Waals surface area contributed by atoms with Crippen molar-refractivity contribution in [2.24, 2.45) is 0 Å². The number of aromatic nitrogens is 1. The zero-order valence-corrected chi connectivity index (χ0v) is 15.3. The van der Waals surface area contributed by atoms with Crippen molar-refractivity contribution in [1.82, 2.24) is 4.98 Å². The van der Waals surface area contributed by atoms with Crippen LogP contribution in [0.5, 0.6) is 17.2 Å². The predicted molar refractivity (Wildman–Crippen MR) is 104 cm³/mol. The zero-order valence-electron chi connectivity index (χ0n) is 14.5. The lowest BCUT2D eigenvalue weighted by atomic mass is 10.1. The van der Waals surface area contributed by atoms with Crippen molar-refractivity contribution in [2.45, 2.75) is 6.61 Å². The first-order valence-corrected chi connectivity index (χ1v) is 9.44. The van der Waals surface area contributed by atoms with E-state index in [0.717, 1.165) is 17.0 Å². The summed E-state index contributed by atoms with van der Waals surface area (Å²) in [5.41, 5.74) is 4.18. The van der Waals surface area contributed by atoms with E-state index in [2.05, 4.69) is 4.98 Å². The second kappa shape index (κ2) is 8.05. The monoisotopic (exact) mass is 379 g/mol. The summed E-state index contributed by atoms with van der Waals surface area (Å²) in [4.78, 5) is 16.6. The van der Waals surface area contributed by atoms with E-state index in [4.69, 9.17) is 14.2 Å². The molecule has 1 aromatic heterocycles. The van der Waals surface area contributed by atoms with Gasteiger partial charge in [-0.25, -0.2) is 4.98 Å². The summed E-state index contributed by atoms with van der Waals surface area (Å²) in [7, 11) is 0. The van der Waals surface area contributed by atoms with Crippen LogP contribution in [-0.4, -0.2) is 24.0 Å². The van der Waals surface area contributed by atoms with Crippen LogP contribution >= 0.6 is 11.3 Å². The first-order chi connectivity index (χ1) is 13.3. The molecule has 0 radical (unpaired) electrons. The van der Waals surface area contributed by atoms with E-state index in [1.54, 1.807) is 47.2 Å². The minimum absolute atomic E-state index is 0.0872. The van der Waals surface area contributed by atoms with Gasteiger partial charge in [0.25, 0.3) is 0 Å². The molecule has 0 unspecified atom stereocenters. The van der Waals surface area contributed by atoms with Crippen molar-refractivity contribution in [1.29, 1.82) is 0 Å². The number of carbonyl (C=O) groups excluding carboxylic acids is 1. The first kappa shape index (κ1) is 17.3. The van der Waals surface area contributed by atoms with Gasteiger partial charge >= 0.3 is 0 Å². The summed E-state index contributed by atoms with van der Waals surface area (Å²) in [5.74, 6) is 1.96. The Hall–Kier alpha value is -3.12. The van der Waals surface area contributed by atoms with Crippen LogP contribution in [0.2, 0.25) is 0 Å². The third kappa shape index (κ3) is 4.35. The maximum Gasteiger partial charge on any atom is 0.185 e. The van der Waals surface area contributed by atoms with E-state index in [0.29, 0.717) is 36.9 Å². The van der Waals surface area contributed by atoms with Gasteiger partial charge in [-0.2, -0.15) is 0 Å². The molecule has 0 aliphatic carbocycles. The van der Waals surface area contributed by atoms with Crippen molar-refractivity contribution in [3.63, 3.8) is 0 Å². The summed E-state index contributed by atoms with van der Waals surface area (Å²) in [6.07, 6.45) is 3.33. The van der Waals surface area contributed by atoms with Gasteiger partial charge in [0.1, 0.15) is 25.6 Å². The molecule has 1 aliphatic rings. The number of ether oxygens (including phenoxy) is 3. The average molecular weight is 379 g/mol. The molecule has 4 rings (SSSR count). The summed E-state index contributed by atoms with van der Waals surface area (Å²) in [5, 5.41) is 1.96. The first-order valence-electron chi connectivity index (χ1n) is 8.50. The normalized spacial score (nSPS) is 12.9. The summed E-state index contributed by atoms with van der Waals surface area (Å²) >= 11 is 1.55. The van der Waals surface area contributed by atoms with Crippen LogP contribution in [0.4, 0.5) is 0 Å². The fourth-order valence-corrected chi connectivity index (χ4v) is 3.15. The van der Waals surface area contributed by atoms with Gasteiger partial charge in [0, 0.05) is 10.9 Å². The molecule has 0 spiro atoms. The van der Waals surface area contributed by atoms with Gasteiger partial charge in [0.15, 0.2) is 17.3 Å². The lowest BCUT2D eigenvalue weighted by molar-refractivity contribution is 0.104. The summed E-state index contributed by atoms with van der Waals surface area (Å²) < 4.78 is 16.7. The number of hydrogen-bond donors (Lipinski definition) is 0. The minimum Gasteiger partial charge on any atom is -0.487 e. The second-order valence-corrected chi connectivity index (χ2v) is 6.61. The number of ketones is 1. The molecular formula is C21H17NO4S. The lowest BCUT2D eigenvalue weighted by Crippen LogP contribution is -2.15. The molecule has 136 valence electrons. The Bertz CT molecular complexity index is 949. The van der Waals surface area contributed by atoms with Crippen LogP contribution in [0.1, 0.15) is 21.6 Å². The smallest absolute Gasteiger partial charge is 0.185 e. The fourth-order valence-electron chi connectivity index (χ4n) is 2.61. The average Bonchev–Trinajstić information content (AvgIpc) is 3.24. The van der Waals surface area contributed by atoms with Crippen LogP contribution in [-0.2, 0) is 6.61 Å². The van der Waals surface area contributed by atoms with Crippen LogP contribution in [0.3, 0.4) is 0 Å². The Morgan fingerprint density at radius 2 is 1.93 bits per heavy atom. The highest BCUT2D eigenvalue weighted by Gasteiger charge is 2.13. The van der Waals surface area contributed by atoms with Crippen LogP contribution in [0, 0.1) is 0 Å². The number of carbonyl (C=O) groups is 1. The molecule has 1 aliphatic heterocycles. The number of rotatable bonds is 6. The van der Waals surface area contributed by atoms with E-state index in [1.807, 2.05) is 29.6 Å². The number of thiazole rings is 1. The van der Waals surface area contributed by atoms with Crippen LogP contribution < -0.4 is 14.2 Å². The predicted octanol–water partition coefficient (Wildman–Crippen LogP) is 4.39. The van der Waals surface area contributed by atoms with Crippen LogP contribution in [0.15, 0.2) is 59.4 Å². The van der Waals surface area contributed by atoms with Gasteiger partial charge in [0.2, 0.25) is 0 Å². The third-order valence-corrected chi connectivity index (χ3v) is 4.64. The summed E-state index contributed by atoms with van der Waals surface area (Å²) in [6, 6.07) is 12.8. The van der Waals surface area contributed by atoms with Gasteiger partial charge in [-0.1, -0.05) is 18.2 Å². The Morgan fingerprint density at radius 3 is 2.70 bits per heavy atom. The van der Waals surface area contributed by atoms with Crippen molar-refractivity contribution in [3.05, 3.63) is 76.3 Å².